The van der Waals surface area contributed by atoms with Crippen molar-refractivity contribution in [1.29, 1.82) is 0 Å². The van der Waals surface area contributed by atoms with E-state index in [0.717, 1.165) is 4.70 Å². The van der Waals surface area contributed by atoms with Gasteiger partial charge in [0.2, 0.25) is 0 Å². The van der Waals surface area contributed by atoms with Gasteiger partial charge in [0.15, 0.2) is 4.80 Å². The van der Waals surface area contributed by atoms with Crippen LogP contribution in [0.25, 0.3) is 10.2 Å². The summed E-state index contributed by atoms with van der Waals surface area (Å²) in [6.45, 7) is 0.794. The van der Waals surface area contributed by atoms with Crippen LogP contribution in [0.2, 0.25) is 0 Å². The first-order valence-electron chi connectivity index (χ1n) is 7.64. The first-order valence-corrected chi connectivity index (χ1v) is 8.45. The lowest BCUT2D eigenvalue weighted by Crippen LogP contribution is -2.19. The molecule has 0 aliphatic heterocycles. The topological polar surface area (TPSA) is 52.8 Å². The maximum atomic E-state index is 14.2. The maximum absolute atomic E-state index is 14.2. The van der Waals surface area contributed by atoms with E-state index in [4.69, 9.17) is 9.47 Å². The van der Waals surface area contributed by atoms with Gasteiger partial charge in [0, 0.05) is 19.2 Å². The van der Waals surface area contributed by atoms with Crippen molar-refractivity contribution in [3.63, 3.8) is 0 Å². The summed E-state index contributed by atoms with van der Waals surface area (Å²) in [6, 6.07) is 11.6. The minimum atomic E-state index is -0.406. The van der Waals surface area contributed by atoms with Crippen molar-refractivity contribution >= 4 is 27.5 Å². The maximum Gasteiger partial charge on any atom is 0.279 e. The largest absolute Gasteiger partial charge is 0.497 e. The Morgan fingerprint density at radius 3 is 2.80 bits per heavy atom. The van der Waals surface area contributed by atoms with E-state index < -0.39 is 5.91 Å². The van der Waals surface area contributed by atoms with Crippen LogP contribution >= 0.6 is 11.3 Å². The molecule has 0 saturated carbocycles. The van der Waals surface area contributed by atoms with Crippen LogP contribution in [-0.2, 0) is 11.3 Å². The van der Waals surface area contributed by atoms with Gasteiger partial charge in [-0.15, -0.1) is 0 Å². The van der Waals surface area contributed by atoms with Crippen molar-refractivity contribution in [3.8, 4) is 5.75 Å². The van der Waals surface area contributed by atoms with Crippen LogP contribution in [0.1, 0.15) is 10.4 Å². The van der Waals surface area contributed by atoms with Gasteiger partial charge in [-0.3, -0.25) is 4.79 Å². The first-order chi connectivity index (χ1) is 12.1. The third-order valence-electron chi connectivity index (χ3n) is 3.68. The van der Waals surface area contributed by atoms with Crippen molar-refractivity contribution in [2.75, 3.05) is 20.8 Å². The summed E-state index contributed by atoms with van der Waals surface area (Å²) in [5.41, 5.74) is 0.845. The van der Waals surface area contributed by atoms with E-state index in [0.29, 0.717) is 34.8 Å². The fourth-order valence-corrected chi connectivity index (χ4v) is 3.54. The Bertz CT molecular complexity index is 978. The van der Waals surface area contributed by atoms with Crippen LogP contribution in [0.4, 0.5) is 4.39 Å². The zero-order valence-corrected chi connectivity index (χ0v) is 14.7. The molecule has 1 amide bonds. The number of ether oxygens (including phenoxy) is 2. The van der Waals surface area contributed by atoms with Gasteiger partial charge in [-0.25, -0.2) is 4.39 Å². The van der Waals surface area contributed by atoms with Gasteiger partial charge < -0.3 is 14.0 Å². The van der Waals surface area contributed by atoms with Crippen molar-refractivity contribution in [3.05, 3.63) is 58.6 Å². The molecular weight excluding hydrogens is 343 g/mol. The number of amides is 1. The first kappa shape index (κ1) is 17.3. The van der Waals surface area contributed by atoms with Gasteiger partial charge in [-0.2, -0.15) is 4.99 Å². The zero-order valence-electron chi connectivity index (χ0n) is 13.9. The SMILES string of the molecule is COCCn1c(=NC(=O)c2cccc(OC)c2)sc2cccc(F)c21. The normalized spacial score (nSPS) is 11.9. The number of hydrogen-bond donors (Lipinski definition) is 0. The summed E-state index contributed by atoms with van der Waals surface area (Å²) in [5.74, 6) is -0.173. The molecule has 3 aromatic rings. The Kier molecular flexibility index (Phi) is 5.25. The van der Waals surface area contributed by atoms with Gasteiger partial charge in [0.1, 0.15) is 11.6 Å². The number of methoxy groups -OCH3 is 2. The van der Waals surface area contributed by atoms with E-state index >= 15 is 0 Å². The number of fused-ring (bicyclic) bond motifs is 1. The summed E-state index contributed by atoms with van der Waals surface area (Å²) in [4.78, 5) is 17.2. The number of para-hydroxylation sites is 1. The van der Waals surface area contributed by atoms with E-state index in [9.17, 15) is 9.18 Å². The molecule has 25 heavy (non-hydrogen) atoms. The second kappa shape index (κ2) is 7.58. The Hall–Kier alpha value is -2.51. The van der Waals surface area contributed by atoms with Gasteiger partial charge in [-0.1, -0.05) is 23.5 Å². The van der Waals surface area contributed by atoms with Crippen LogP contribution in [0, 0.1) is 5.82 Å². The van der Waals surface area contributed by atoms with Gasteiger partial charge in [-0.05, 0) is 30.3 Å². The number of nitrogens with zero attached hydrogens (tertiary/aromatic N) is 2. The summed E-state index contributed by atoms with van der Waals surface area (Å²) in [7, 11) is 3.11. The van der Waals surface area contributed by atoms with E-state index in [2.05, 4.69) is 4.99 Å². The zero-order chi connectivity index (χ0) is 17.8. The number of carbonyl (C=O) groups is 1. The third-order valence-corrected chi connectivity index (χ3v) is 4.73. The van der Waals surface area contributed by atoms with Crippen LogP contribution in [-0.4, -0.2) is 31.3 Å². The molecule has 0 aliphatic carbocycles. The molecule has 1 heterocycles. The number of thiazole rings is 1. The smallest absolute Gasteiger partial charge is 0.279 e. The lowest BCUT2D eigenvalue weighted by atomic mass is 10.2. The molecule has 7 heteroatoms. The summed E-state index contributed by atoms with van der Waals surface area (Å²) in [6.07, 6.45) is 0. The van der Waals surface area contributed by atoms with Crippen LogP contribution in [0.15, 0.2) is 47.5 Å². The van der Waals surface area contributed by atoms with E-state index in [1.807, 2.05) is 0 Å². The number of hydrogen-bond acceptors (Lipinski definition) is 4. The molecule has 130 valence electrons. The molecule has 0 radical (unpaired) electrons. The monoisotopic (exact) mass is 360 g/mol. The summed E-state index contributed by atoms with van der Waals surface area (Å²) >= 11 is 1.27. The molecule has 0 bridgehead atoms. The van der Waals surface area contributed by atoms with Crippen LogP contribution in [0.5, 0.6) is 5.75 Å². The molecule has 0 saturated heterocycles. The fraction of sp³-hybridized carbons (Fsp3) is 0.222. The van der Waals surface area contributed by atoms with Gasteiger partial charge in [0.25, 0.3) is 5.91 Å². The molecule has 0 aliphatic rings. The van der Waals surface area contributed by atoms with Crippen molar-refractivity contribution in [2.24, 2.45) is 4.99 Å². The summed E-state index contributed by atoms with van der Waals surface area (Å²) < 4.78 is 26.9. The highest BCUT2D eigenvalue weighted by Gasteiger charge is 2.12. The predicted octanol–water partition coefficient (Wildman–Crippen LogP) is 3.24. The Balaban J connectivity index is 2.11. The number of halogens is 1. The van der Waals surface area contributed by atoms with Crippen molar-refractivity contribution in [2.45, 2.75) is 6.54 Å². The lowest BCUT2D eigenvalue weighted by Gasteiger charge is -2.05. The fourth-order valence-electron chi connectivity index (χ4n) is 2.47. The average molecular weight is 360 g/mol. The quantitative estimate of drug-likeness (QED) is 0.702. The van der Waals surface area contributed by atoms with E-state index in [-0.39, 0.29) is 5.82 Å². The van der Waals surface area contributed by atoms with Crippen molar-refractivity contribution < 1.29 is 18.7 Å². The van der Waals surface area contributed by atoms with Crippen LogP contribution < -0.4 is 9.54 Å². The second-order valence-corrected chi connectivity index (χ2v) is 6.27. The molecule has 0 fully saturated rings. The molecule has 3 rings (SSSR count). The highest BCUT2D eigenvalue weighted by Crippen LogP contribution is 2.20. The molecule has 2 aromatic carbocycles. The van der Waals surface area contributed by atoms with Gasteiger partial charge >= 0.3 is 0 Å². The third kappa shape index (κ3) is 3.62. The number of benzene rings is 2. The number of carbonyl (C=O) groups excluding carboxylic acids is 1. The molecule has 1 aromatic heterocycles. The second-order valence-electron chi connectivity index (χ2n) is 5.26. The minimum Gasteiger partial charge on any atom is -0.497 e. The molecular formula is C18H17FN2O3S. The highest BCUT2D eigenvalue weighted by molar-refractivity contribution is 7.16. The molecule has 5 nitrogen and oxygen atoms in total. The lowest BCUT2D eigenvalue weighted by molar-refractivity contribution is 0.0997. The Morgan fingerprint density at radius 2 is 2.04 bits per heavy atom. The van der Waals surface area contributed by atoms with Crippen molar-refractivity contribution in [1.82, 2.24) is 4.57 Å². The molecule has 0 unspecified atom stereocenters. The number of aromatic nitrogens is 1. The Labute approximate surface area is 148 Å². The summed E-state index contributed by atoms with van der Waals surface area (Å²) in [5, 5.41) is 0. The molecule has 0 atom stereocenters. The van der Waals surface area contributed by atoms with E-state index in [1.165, 1.54) is 24.5 Å². The van der Waals surface area contributed by atoms with Crippen LogP contribution in [0.3, 0.4) is 0 Å². The predicted molar refractivity (Wildman–Crippen MR) is 94.5 cm³/mol. The highest BCUT2D eigenvalue weighted by atomic mass is 32.1. The molecule has 0 N–H and O–H groups in total. The van der Waals surface area contributed by atoms with E-state index in [1.54, 1.807) is 48.1 Å². The molecule has 0 spiro atoms. The average Bonchev–Trinajstić information content (AvgIpc) is 2.98. The van der Waals surface area contributed by atoms with Gasteiger partial charge in [0.05, 0.1) is 23.9 Å². The number of rotatable bonds is 5. The standard InChI is InChI=1S/C18H17FN2O3S/c1-23-10-9-21-16-14(19)7-4-8-15(16)25-18(21)20-17(22)12-5-3-6-13(11-12)24-2/h3-8,11H,9-10H2,1-2H3. The minimum absolute atomic E-state index is 0.347. The Morgan fingerprint density at radius 1 is 1.24 bits per heavy atom.